The maximum absolute atomic E-state index is 10.7. The van der Waals surface area contributed by atoms with Crippen LogP contribution in [0.2, 0.25) is 0 Å². The molecule has 0 saturated carbocycles. The number of hydrogen-bond acceptors (Lipinski definition) is 4. The molecule has 1 aromatic heterocycles. The number of thiazole rings is 1. The van der Waals surface area contributed by atoms with E-state index >= 15 is 0 Å². The highest BCUT2D eigenvalue weighted by atomic mass is 32.1. The van der Waals surface area contributed by atoms with Crippen LogP contribution in [0.5, 0.6) is 0 Å². The van der Waals surface area contributed by atoms with Gasteiger partial charge in [-0.3, -0.25) is 4.79 Å². The first-order valence-corrected chi connectivity index (χ1v) is 5.01. The van der Waals surface area contributed by atoms with Gasteiger partial charge in [0.15, 0.2) is 5.13 Å². The van der Waals surface area contributed by atoms with E-state index in [0.29, 0.717) is 0 Å². The number of nitrogens with one attached hydrogen (secondary N) is 1. The lowest BCUT2D eigenvalue weighted by Crippen LogP contribution is -2.32. The quantitative estimate of drug-likeness (QED) is 0.760. The second-order valence-electron chi connectivity index (χ2n) is 2.77. The molecular formula is C8H13N3OS. The van der Waals surface area contributed by atoms with Crippen LogP contribution in [-0.4, -0.2) is 16.9 Å². The van der Waals surface area contributed by atoms with Crippen LogP contribution in [0.4, 0.5) is 5.13 Å². The van der Waals surface area contributed by atoms with Gasteiger partial charge in [-0.15, -0.1) is 11.3 Å². The van der Waals surface area contributed by atoms with Gasteiger partial charge >= 0.3 is 0 Å². The molecule has 4 nitrogen and oxygen atoms in total. The first kappa shape index (κ1) is 9.98. The third kappa shape index (κ3) is 2.69. The van der Waals surface area contributed by atoms with Gasteiger partial charge in [0.2, 0.25) is 5.91 Å². The number of aromatic nitrogens is 1. The van der Waals surface area contributed by atoms with E-state index in [1.54, 1.807) is 6.92 Å². The fourth-order valence-corrected chi connectivity index (χ4v) is 1.67. The highest BCUT2D eigenvalue weighted by molar-refractivity contribution is 7.13. The molecule has 0 spiro atoms. The Morgan fingerprint density at radius 3 is 3.00 bits per heavy atom. The van der Waals surface area contributed by atoms with Gasteiger partial charge in [0, 0.05) is 5.38 Å². The Labute approximate surface area is 81.2 Å². The molecule has 72 valence electrons. The van der Waals surface area contributed by atoms with Gasteiger partial charge in [0.05, 0.1) is 5.69 Å². The zero-order valence-corrected chi connectivity index (χ0v) is 8.52. The number of hydrogen-bond donors (Lipinski definition) is 2. The molecule has 0 aliphatic carbocycles. The smallest absolute Gasteiger partial charge is 0.239 e. The molecule has 0 aliphatic rings. The Hall–Kier alpha value is -1.10. The first-order chi connectivity index (χ1) is 6.13. The standard InChI is InChI=1S/C8H13N3OS/c1-3-6-4-13-8(11-6)10-5(2)7(9)12/h4-5H,3H2,1-2H3,(H2,9,12)(H,10,11). The Bertz CT molecular complexity index is 297. The minimum absolute atomic E-state index is 0.365. The molecule has 0 fully saturated rings. The summed E-state index contributed by atoms with van der Waals surface area (Å²) in [5.41, 5.74) is 6.13. The van der Waals surface area contributed by atoms with Crippen molar-refractivity contribution >= 4 is 22.4 Å². The number of amides is 1. The molecule has 13 heavy (non-hydrogen) atoms. The van der Waals surface area contributed by atoms with Crippen LogP contribution in [0.3, 0.4) is 0 Å². The van der Waals surface area contributed by atoms with Crippen LogP contribution in [0, 0.1) is 0 Å². The molecule has 1 heterocycles. The largest absolute Gasteiger partial charge is 0.368 e. The summed E-state index contributed by atoms with van der Waals surface area (Å²) in [4.78, 5) is 15.0. The van der Waals surface area contributed by atoms with Crippen LogP contribution in [-0.2, 0) is 11.2 Å². The lowest BCUT2D eigenvalue weighted by Gasteiger charge is -2.07. The number of primary amides is 1. The third-order valence-corrected chi connectivity index (χ3v) is 2.50. The van der Waals surface area contributed by atoms with Crippen molar-refractivity contribution in [2.75, 3.05) is 5.32 Å². The summed E-state index contributed by atoms with van der Waals surface area (Å²) in [7, 11) is 0. The number of rotatable bonds is 4. The SMILES string of the molecule is CCc1csc(NC(C)C(N)=O)n1. The fourth-order valence-electron chi connectivity index (χ4n) is 0.792. The number of aryl methyl sites for hydroxylation is 1. The van der Waals surface area contributed by atoms with E-state index in [-0.39, 0.29) is 11.9 Å². The third-order valence-electron chi connectivity index (χ3n) is 1.68. The number of anilines is 1. The van der Waals surface area contributed by atoms with Crippen LogP contribution in [0.25, 0.3) is 0 Å². The van der Waals surface area contributed by atoms with Crippen molar-refractivity contribution in [3.63, 3.8) is 0 Å². The van der Waals surface area contributed by atoms with Crippen molar-refractivity contribution in [3.8, 4) is 0 Å². The lowest BCUT2D eigenvalue weighted by molar-refractivity contribution is -0.118. The molecule has 1 amide bonds. The van der Waals surface area contributed by atoms with Gasteiger partial charge in [0.25, 0.3) is 0 Å². The molecule has 3 N–H and O–H groups in total. The summed E-state index contributed by atoms with van der Waals surface area (Å²) in [5, 5.41) is 5.65. The van der Waals surface area contributed by atoms with Crippen molar-refractivity contribution in [2.45, 2.75) is 26.3 Å². The van der Waals surface area contributed by atoms with Crippen molar-refractivity contribution in [1.29, 1.82) is 0 Å². The maximum atomic E-state index is 10.7. The zero-order valence-electron chi connectivity index (χ0n) is 7.70. The van der Waals surface area contributed by atoms with E-state index < -0.39 is 0 Å². The maximum Gasteiger partial charge on any atom is 0.239 e. The van der Waals surface area contributed by atoms with Crippen LogP contribution in [0.1, 0.15) is 19.5 Å². The predicted octanol–water partition coefficient (Wildman–Crippen LogP) is 0.991. The minimum atomic E-state index is -0.367. The summed E-state index contributed by atoms with van der Waals surface area (Å²) in [6.07, 6.45) is 0.906. The van der Waals surface area contributed by atoms with E-state index in [0.717, 1.165) is 17.2 Å². The number of nitrogens with two attached hydrogens (primary N) is 1. The number of carbonyl (C=O) groups excluding carboxylic acids is 1. The van der Waals surface area contributed by atoms with E-state index in [9.17, 15) is 4.79 Å². The average Bonchev–Trinajstić information content (AvgIpc) is 2.52. The number of carbonyl (C=O) groups is 1. The van der Waals surface area contributed by atoms with Gasteiger partial charge in [-0.25, -0.2) is 4.98 Å². The van der Waals surface area contributed by atoms with E-state index in [2.05, 4.69) is 10.3 Å². The summed E-state index contributed by atoms with van der Waals surface area (Å²) in [6.45, 7) is 3.76. The molecule has 1 atom stereocenters. The Morgan fingerprint density at radius 2 is 2.54 bits per heavy atom. The van der Waals surface area contributed by atoms with Crippen molar-refractivity contribution in [2.24, 2.45) is 5.73 Å². The topological polar surface area (TPSA) is 68.0 Å². The first-order valence-electron chi connectivity index (χ1n) is 4.13. The van der Waals surface area contributed by atoms with Crippen LogP contribution >= 0.6 is 11.3 Å². The zero-order chi connectivity index (χ0) is 9.84. The molecule has 0 aromatic carbocycles. The molecule has 0 radical (unpaired) electrons. The monoisotopic (exact) mass is 199 g/mol. The highest BCUT2D eigenvalue weighted by Crippen LogP contribution is 2.16. The Kier molecular flexibility index (Phi) is 3.25. The second-order valence-corrected chi connectivity index (χ2v) is 3.62. The van der Waals surface area contributed by atoms with Gasteiger partial charge < -0.3 is 11.1 Å². The van der Waals surface area contributed by atoms with Crippen molar-refractivity contribution < 1.29 is 4.79 Å². The molecular weight excluding hydrogens is 186 g/mol. The Morgan fingerprint density at radius 1 is 1.85 bits per heavy atom. The van der Waals surface area contributed by atoms with Crippen LogP contribution < -0.4 is 11.1 Å². The summed E-state index contributed by atoms with van der Waals surface area (Å²) in [6, 6.07) is -0.365. The molecule has 1 rings (SSSR count). The lowest BCUT2D eigenvalue weighted by atomic mass is 10.3. The molecule has 1 aromatic rings. The summed E-state index contributed by atoms with van der Waals surface area (Å²) >= 11 is 1.49. The van der Waals surface area contributed by atoms with E-state index in [4.69, 9.17) is 5.73 Å². The van der Waals surface area contributed by atoms with Crippen molar-refractivity contribution in [3.05, 3.63) is 11.1 Å². The molecule has 1 unspecified atom stereocenters. The van der Waals surface area contributed by atoms with Gasteiger partial charge in [0.1, 0.15) is 6.04 Å². The molecule has 0 aliphatic heterocycles. The molecule has 5 heteroatoms. The van der Waals surface area contributed by atoms with Gasteiger partial charge in [-0.05, 0) is 13.3 Å². The van der Waals surface area contributed by atoms with Gasteiger partial charge in [-0.1, -0.05) is 6.92 Å². The van der Waals surface area contributed by atoms with E-state index in [1.165, 1.54) is 11.3 Å². The Balaban J connectivity index is 2.58. The minimum Gasteiger partial charge on any atom is -0.368 e. The summed E-state index contributed by atoms with van der Waals surface area (Å²) < 4.78 is 0. The van der Waals surface area contributed by atoms with Crippen molar-refractivity contribution in [1.82, 2.24) is 4.98 Å². The van der Waals surface area contributed by atoms with E-state index in [1.807, 2.05) is 12.3 Å². The summed E-state index contributed by atoms with van der Waals surface area (Å²) in [5.74, 6) is -0.367. The fraction of sp³-hybridized carbons (Fsp3) is 0.500. The van der Waals surface area contributed by atoms with Gasteiger partial charge in [-0.2, -0.15) is 0 Å². The highest BCUT2D eigenvalue weighted by Gasteiger charge is 2.09. The second kappa shape index (κ2) is 4.23. The number of nitrogens with zero attached hydrogens (tertiary/aromatic N) is 1. The molecule has 0 bridgehead atoms. The van der Waals surface area contributed by atoms with Crippen LogP contribution in [0.15, 0.2) is 5.38 Å². The normalized spacial score (nSPS) is 12.5. The average molecular weight is 199 g/mol. The molecule has 0 saturated heterocycles. The predicted molar refractivity (Wildman–Crippen MR) is 53.8 cm³/mol.